The molecule has 0 spiro atoms. The Labute approximate surface area is 145 Å². The first-order valence-electron chi connectivity index (χ1n) is 9.51. The van der Waals surface area contributed by atoms with Crippen molar-refractivity contribution in [3.05, 3.63) is 0 Å². The second-order valence-electron chi connectivity index (χ2n) is 9.00. The van der Waals surface area contributed by atoms with Gasteiger partial charge in [0.25, 0.3) is 0 Å². The lowest BCUT2D eigenvalue weighted by Gasteiger charge is -2.34. The number of aliphatic hydroxyl groups excluding tert-OH is 1. The molecule has 3 fully saturated rings. The molecular formula is C19H34O5. The highest BCUT2D eigenvalue weighted by atomic mass is 16.8. The maximum absolute atomic E-state index is 11.0. The number of hydrogen-bond acceptors (Lipinski definition) is 5. The van der Waals surface area contributed by atoms with Crippen molar-refractivity contribution in [2.75, 3.05) is 0 Å². The number of hydrogen-bond donors (Lipinski definition) is 2. The van der Waals surface area contributed by atoms with Crippen molar-refractivity contribution in [2.24, 2.45) is 11.8 Å². The predicted molar refractivity (Wildman–Crippen MR) is 90.5 cm³/mol. The number of ether oxygens (including phenoxy) is 3. The lowest BCUT2D eigenvalue weighted by Crippen LogP contribution is -2.48. The van der Waals surface area contributed by atoms with Gasteiger partial charge in [-0.3, -0.25) is 0 Å². The van der Waals surface area contributed by atoms with E-state index in [1.54, 1.807) is 0 Å². The summed E-state index contributed by atoms with van der Waals surface area (Å²) >= 11 is 0. The molecule has 5 heteroatoms. The molecule has 2 heterocycles. The molecule has 7 atom stereocenters. The minimum atomic E-state index is -0.848. The summed E-state index contributed by atoms with van der Waals surface area (Å²) in [6.07, 6.45) is 2.47. The Morgan fingerprint density at radius 2 is 1.75 bits per heavy atom. The van der Waals surface area contributed by atoms with E-state index < -0.39 is 11.4 Å². The van der Waals surface area contributed by atoms with Crippen LogP contribution in [-0.2, 0) is 14.2 Å². The maximum Gasteiger partial charge on any atom is 0.163 e. The van der Waals surface area contributed by atoms with Gasteiger partial charge in [-0.2, -0.15) is 0 Å². The van der Waals surface area contributed by atoms with E-state index in [4.69, 9.17) is 14.2 Å². The first-order chi connectivity index (χ1) is 11.1. The fourth-order valence-electron chi connectivity index (χ4n) is 4.46. The zero-order valence-electron chi connectivity index (χ0n) is 15.7. The van der Waals surface area contributed by atoms with Crippen molar-refractivity contribution in [3.63, 3.8) is 0 Å². The second-order valence-corrected chi connectivity index (χ2v) is 9.00. The lowest BCUT2D eigenvalue weighted by atomic mass is 9.78. The quantitative estimate of drug-likeness (QED) is 0.777. The Balaban J connectivity index is 1.54. The summed E-state index contributed by atoms with van der Waals surface area (Å²) in [5.41, 5.74) is -0.848. The van der Waals surface area contributed by atoms with Crippen molar-refractivity contribution in [2.45, 2.75) is 109 Å². The van der Waals surface area contributed by atoms with Crippen LogP contribution in [0.3, 0.4) is 0 Å². The molecule has 0 aromatic heterocycles. The molecule has 3 aliphatic rings. The molecule has 2 aliphatic heterocycles. The molecule has 5 nitrogen and oxygen atoms in total. The van der Waals surface area contributed by atoms with Gasteiger partial charge in [0.2, 0.25) is 0 Å². The molecule has 140 valence electrons. The fourth-order valence-corrected chi connectivity index (χ4v) is 4.46. The largest absolute Gasteiger partial charge is 0.393 e. The van der Waals surface area contributed by atoms with Crippen LogP contribution in [-0.4, -0.2) is 52.1 Å². The number of fused-ring (bicyclic) bond motifs is 4. The van der Waals surface area contributed by atoms with Crippen LogP contribution in [0.15, 0.2) is 0 Å². The van der Waals surface area contributed by atoms with Crippen LogP contribution in [0, 0.1) is 11.8 Å². The first-order valence-corrected chi connectivity index (χ1v) is 9.51. The topological polar surface area (TPSA) is 68.2 Å². The molecule has 1 aliphatic carbocycles. The molecule has 0 aromatic rings. The van der Waals surface area contributed by atoms with Gasteiger partial charge in [0, 0.05) is 12.8 Å². The number of aliphatic hydroxyl groups is 2. The smallest absolute Gasteiger partial charge is 0.163 e. The highest BCUT2D eigenvalue weighted by Crippen LogP contribution is 2.49. The third-order valence-corrected chi connectivity index (χ3v) is 6.18. The molecule has 3 unspecified atom stereocenters. The van der Waals surface area contributed by atoms with Crippen LogP contribution in [0.25, 0.3) is 0 Å². The molecule has 0 aromatic carbocycles. The Bertz CT molecular complexity index is 451. The highest BCUT2D eigenvalue weighted by molar-refractivity contribution is 5.09. The van der Waals surface area contributed by atoms with Gasteiger partial charge in [0.05, 0.1) is 30.0 Å². The van der Waals surface area contributed by atoms with Crippen molar-refractivity contribution in [1.82, 2.24) is 0 Å². The van der Waals surface area contributed by atoms with Crippen molar-refractivity contribution >= 4 is 0 Å². The van der Waals surface area contributed by atoms with Gasteiger partial charge in [-0.05, 0) is 44.9 Å². The van der Waals surface area contributed by atoms with Gasteiger partial charge in [-0.1, -0.05) is 20.8 Å². The molecule has 24 heavy (non-hydrogen) atoms. The highest BCUT2D eigenvalue weighted by Gasteiger charge is 2.61. The van der Waals surface area contributed by atoms with Gasteiger partial charge in [0.1, 0.15) is 6.10 Å². The molecule has 3 rings (SSSR count). The summed E-state index contributed by atoms with van der Waals surface area (Å²) in [5.74, 6) is 0.469. The van der Waals surface area contributed by atoms with Crippen LogP contribution in [0.2, 0.25) is 0 Å². The van der Waals surface area contributed by atoms with E-state index in [0.29, 0.717) is 37.5 Å². The zero-order valence-corrected chi connectivity index (χ0v) is 15.7. The number of rotatable bonds is 6. The lowest BCUT2D eigenvalue weighted by molar-refractivity contribution is -0.165. The minimum absolute atomic E-state index is 0.0869. The Morgan fingerprint density at radius 3 is 2.42 bits per heavy atom. The molecule has 2 bridgehead atoms. The Morgan fingerprint density at radius 1 is 1.08 bits per heavy atom. The van der Waals surface area contributed by atoms with Crippen molar-refractivity contribution in [3.8, 4) is 0 Å². The second kappa shape index (κ2) is 6.51. The Hall–Kier alpha value is -0.200. The van der Waals surface area contributed by atoms with Gasteiger partial charge >= 0.3 is 0 Å². The summed E-state index contributed by atoms with van der Waals surface area (Å²) in [5, 5.41) is 21.3. The van der Waals surface area contributed by atoms with E-state index in [2.05, 4.69) is 20.8 Å². The molecule has 1 saturated carbocycles. The van der Waals surface area contributed by atoms with E-state index in [0.717, 1.165) is 6.42 Å². The molecular weight excluding hydrogens is 308 g/mol. The van der Waals surface area contributed by atoms with Crippen LogP contribution in [0.5, 0.6) is 0 Å². The summed E-state index contributed by atoms with van der Waals surface area (Å²) in [6, 6.07) is 0. The van der Waals surface area contributed by atoms with Gasteiger partial charge in [-0.15, -0.1) is 0 Å². The first kappa shape index (κ1) is 18.6. The zero-order chi connectivity index (χ0) is 17.7. The van der Waals surface area contributed by atoms with Crippen LogP contribution < -0.4 is 0 Å². The van der Waals surface area contributed by atoms with Crippen LogP contribution in [0.4, 0.5) is 0 Å². The van der Waals surface area contributed by atoms with E-state index in [-0.39, 0.29) is 30.5 Å². The van der Waals surface area contributed by atoms with Crippen LogP contribution in [0.1, 0.15) is 66.7 Å². The van der Waals surface area contributed by atoms with Gasteiger partial charge < -0.3 is 24.4 Å². The standard InChI is InChI=1S/C19H34O5/c1-11(2)12(3)8-13(20)6-7-16-19(21)9-14(22-16)17-15(10-19)23-18(4,5)24-17/h11-17,20-21H,6-10H2,1-5H3/t12-,13?,14-,15-,16?,17?,19-/m1/s1. The summed E-state index contributed by atoms with van der Waals surface area (Å²) in [7, 11) is 0. The van der Waals surface area contributed by atoms with Crippen LogP contribution >= 0.6 is 0 Å². The summed E-state index contributed by atoms with van der Waals surface area (Å²) in [4.78, 5) is 0. The van der Waals surface area contributed by atoms with E-state index in [1.807, 2.05) is 13.8 Å². The summed E-state index contributed by atoms with van der Waals surface area (Å²) < 4.78 is 18.0. The monoisotopic (exact) mass is 342 g/mol. The molecule has 2 saturated heterocycles. The van der Waals surface area contributed by atoms with E-state index in [1.165, 1.54) is 0 Å². The molecule has 0 radical (unpaired) electrons. The molecule has 2 N–H and O–H groups in total. The average molecular weight is 342 g/mol. The van der Waals surface area contributed by atoms with Crippen molar-refractivity contribution < 1.29 is 24.4 Å². The third kappa shape index (κ3) is 3.65. The average Bonchev–Trinajstić information content (AvgIpc) is 2.90. The minimum Gasteiger partial charge on any atom is -0.393 e. The fraction of sp³-hybridized carbons (Fsp3) is 1.00. The normalized spacial score (nSPS) is 43.0. The predicted octanol–water partition coefficient (Wildman–Crippen LogP) is 2.62. The van der Waals surface area contributed by atoms with E-state index >= 15 is 0 Å². The van der Waals surface area contributed by atoms with Gasteiger partial charge in [0.15, 0.2) is 5.79 Å². The SMILES string of the molecule is CC(C)[C@H](C)CC(O)CCC1O[C@@H]2C[C@@]1(O)C[C@H]1OC(C)(C)OC21. The van der Waals surface area contributed by atoms with Crippen molar-refractivity contribution in [1.29, 1.82) is 0 Å². The Kier molecular flexibility index (Phi) is 5.04. The van der Waals surface area contributed by atoms with E-state index in [9.17, 15) is 10.2 Å². The third-order valence-electron chi connectivity index (χ3n) is 6.18. The van der Waals surface area contributed by atoms with Gasteiger partial charge in [-0.25, -0.2) is 0 Å². The maximum atomic E-state index is 11.0. The summed E-state index contributed by atoms with van der Waals surface area (Å²) in [6.45, 7) is 10.4. The molecule has 0 amide bonds.